The number of amides is 1. The highest BCUT2D eigenvalue weighted by atomic mass is 35.5. The van der Waals surface area contributed by atoms with Gasteiger partial charge < -0.3 is 14.7 Å². The van der Waals surface area contributed by atoms with Gasteiger partial charge >= 0.3 is 0 Å². The maximum atomic E-state index is 12.2. The van der Waals surface area contributed by atoms with Gasteiger partial charge in [-0.2, -0.15) is 5.26 Å². The quantitative estimate of drug-likeness (QED) is 0.883. The van der Waals surface area contributed by atoms with E-state index < -0.39 is 0 Å². The largest absolute Gasteiger partial charge is 0.368 e. The van der Waals surface area contributed by atoms with Crippen LogP contribution in [0.1, 0.15) is 23.4 Å². The predicted octanol–water partition coefficient (Wildman–Crippen LogP) is 3.10. The molecule has 1 aliphatic rings. The van der Waals surface area contributed by atoms with E-state index in [0.29, 0.717) is 33.6 Å². The maximum absolute atomic E-state index is 12.2. The van der Waals surface area contributed by atoms with Crippen molar-refractivity contribution < 1.29 is 9.32 Å². The van der Waals surface area contributed by atoms with Gasteiger partial charge in [-0.1, -0.05) is 28.4 Å². The Bertz CT molecular complexity index is 844. The Morgan fingerprint density at radius 2 is 2.32 bits per heavy atom. The topological polar surface area (TPSA) is 82.2 Å². The smallest absolute Gasteiger partial charge is 0.226 e. The van der Waals surface area contributed by atoms with E-state index in [4.69, 9.17) is 33.0 Å². The number of nitrogens with zero attached hydrogens (tertiary/aromatic N) is 3. The summed E-state index contributed by atoms with van der Waals surface area (Å²) in [7, 11) is 0. The number of carbonyl (C=O) groups is 1. The summed E-state index contributed by atoms with van der Waals surface area (Å²) in [4.78, 5) is 14.4. The van der Waals surface area contributed by atoms with Crippen molar-refractivity contribution in [3.63, 3.8) is 0 Å². The van der Waals surface area contributed by atoms with Crippen molar-refractivity contribution in [3.8, 4) is 6.07 Å². The molecule has 0 aliphatic carbocycles. The van der Waals surface area contributed by atoms with Crippen LogP contribution in [0, 0.1) is 18.3 Å². The molecule has 0 spiro atoms. The first-order chi connectivity index (χ1) is 12.0. The van der Waals surface area contributed by atoms with E-state index in [1.165, 1.54) is 0 Å². The number of halogens is 2. The fraction of sp³-hybridized carbons (Fsp3) is 0.353. The van der Waals surface area contributed by atoms with Gasteiger partial charge in [-0.3, -0.25) is 4.79 Å². The van der Waals surface area contributed by atoms with Crippen LogP contribution in [0.4, 0.5) is 5.69 Å². The summed E-state index contributed by atoms with van der Waals surface area (Å²) in [5.41, 5.74) is 1.60. The number of aromatic nitrogens is 1. The number of benzene rings is 1. The highest BCUT2D eigenvalue weighted by molar-refractivity contribution is 6.36. The highest BCUT2D eigenvalue weighted by Crippen LogP contribution is 2.31. The van der Waals surface area contributed by atoms with Gasteiger partial charge in [0.1, 0.15) is 17.3 Å². The van der Waals surface area contributed by atoms with Crippen molar-refractivity contribution in [1.82, 2.24) is 10.5 Å². The molecule has 1 N–H and O–H groups in total. The molecule has 6 nitrogen and oxygen atoms in total. The first kappa shape index (κ1) is 17.6. The molecule has 1 fully saturated rings. The molecule has 130 valence electrons. The Balaban J connectivity index is 1.59. The van der Waals surface area contributed by atoms with Crippen molar-refractivity contribution >= 4 is 34.8 Å². The number of hydrogen-bond donors (Lipinski definition) is 1. The summed E-state index contributed by atoms with van der Waals surface area (Å²) in [6.45, 7) is 3.10. The van der Waals surface area contributed by atoms with Gasteiger partial charge in [-0.05, 0) is 31.5 Å². The molecule has 8 heteroatoms. The van der Waals surface area contributed by atoms with Crippen LogP contribution < -0.4 is 10.2 Å². The van der Waals surface area contributed by atoms with Crippen molar-refractivity contribution in [1.29, 1.82) is 5.26 Å². The lowest BCUT2D eigenvalue weighted by Gasteiger charge is -2.20. The second kappa shape index (κ2) is 7.34. The lowest BCUT2D eigenvalue weighted by molar-refractivity contribution is -0.121. The molecule has 2 heterocycles. The zero-order chi connectivity index (χ0) is 18.0. The standard InChI is InChI=1S/C17H16Cl2N4O2/c1-10-13(8-20)15(22-25-10)7-17(24)21-12-4-5-23(9-12)16-3-2-11(18)6-14(16)19/h2-3,6,12H,4-5,7,9H2,1H3,(H,21,24)/t12-/m1/s1. The number of aryl methyl sites for hydroxylation is 1. The molecule has 2 aromatic rings. The molecule has 1 saturated heterocycles. The van der Waals surface area contributed by atoms with Gasteiger partial charge in [0.25, 0.3) is 0 Å². The SMILES string of the molecule is Cc1onc(CC(=O)N[C@@H]2CCN(c3ccc(Cl)cc3Cl)C2)c1C#N. The van der Waals surface area contributed by atoms with Crippen molar-refractivity contribution in [2.75, 3.05) is 18.0 Å². The summed E-state index contributed by atoms with van der Waals surface area (Å²) < 4.78 is 4.97. The summed E-state index contributed by atoms with van der Waals surface area (Å²) in [6.07, 6.45) is 0.839. The maximum Gasteiger partial charge on any atom is 0.226 e. The molecule has 0 bridgehead atoms. The average molecular weight is 379 g/mol. The van der Waals surface area contributed by atoms with Crippen molar-refractivity contribution in [3.05, 3.63) is 45.3 Å². The lowest BCUT2D eigenvalue weighted by Crippen LogP contribution is -2.38. The molecular weight excluding hydrogens is 363 g/mol. The van der Waals surface area contributed by atoms with Gasteiger partial charge in [0.2, 0.25) is 5.91 Å². The van der Waals surface area contributed by atoms with Gasteiger partial charge in [0.05, 0.1) is 17.1 Å². The molecule has 3 rings (SSSR count). The summed E-state index contributed by atoms with van der Waals surface area (Å²) in [5, 5.41) is 17.0. The van der Waals surface area contributed by atoms with Crippen LogP contribution in [0.2, 0.25) is 10.0 Å². The Labute approximate surface area is 155 Å². The lowest BCUT2D eigenvalue weighted by atomic mass is 10.1. The third kappa shape index (κ3) is 3.89. The van der Waals surface area contributed by atoms with E-state index in [-0.39, 0.29) is 18.4 Å². The molecule has 1 atom stereocenters. The summed E-state index contributed by atoms with van der Waals surface area (Å²) in [5.74, 6) is 0.244. The minimum Gasteiger partial charge on any atom is -0.368 e. The van der Waals surface area contributed by atoms with Crippen molar-refractivity contribution in [2.24, 2.45) is 0 Å². The number of nitriles is 1. The Kier molecular flexibility index (Phi) is 5.16. The highest BCUT2D eigenvalue weighted by Gasteiger charge is 2.26. The number of nitrogens with one attached hydrogen (secondary N) is 1. The van der Waals surface area contributed by atoms with Gasteiger partial charge in [-0.15, -0.1) is 0 Å². The first-order valence-corrected chi connectivity index (χ1v) is 8.58. The Morgan fingerprint density at radius 1 is 1.52 bits per heavy atom. The zero-order valence-electron chi connectivity index (χ0n) is 13.6. The van der Waals surface area contributed by atoms with Crippen LogP contribution in [0.3, 0.4) is 0 Å². The molecule has 1 aromatic heterocycles. The van der Waals surface area contributed by atoms with E-state index in [9.17, 15) is 4.79 Å². The Morgan fingerprint density at radius 3 is 3.04 bits per heavy atom. The first-order valence-electron chi connectivity index (χ1n) is 7.82. The summed E-state index contributed by atoms with van der Waals surface area (Å²) >= 11 is 12.2. The van der Waals surface area contributed by atoms with Crippen LogP contribution in [-0.2, 0) is 11.2 Å². The molecule has 25 heavy (non-hydrogen) atoms. The average Bonchev–Trinajstić information content (AvgIpc) is 3.14. The number of anilines is 1. The fourth-order valence-corrected chi connectivity index (χ4v) is 3.48. The van der Waals surface area contributed by atoms with Gasteiger partial charge in [0, 0.05) is 24.2 Å². The zero-order valence-corrected chi connectivity index (χ0v) is 15.1. The second-order valence-corrected chi connectivity index (χ2v) is 6.79. The normalized spacial score (nSPS) is 16.7. The van der Waals surface area contributed by atoms with Crippen LogP contribution in [0.15, 0.2) is 22.7 Å². The predicted molar refractivity (Wildman–Crippen MR) is 94.9 cm³/mol. The minimum atomic E-state index is -0.182. The van der Waals surface area contributed by atoms with E-state index in [1.807, 2.05) is 12.1 Å². The molecule has 1 amide bonds. The van der Waals surface area contributed by atoms with E-state index in [1.54, 1.807) is 19.1 Å². The van der Waals surface area contributed by atoms with Crippen molar-refractivity contribution in [2.45, 2.75) is 25.8 Å². The molecule has 0 radical (unpaired) electrons. The summed E-state index contributed by atoms with van der Waals surface area (Å²) in [6, 6.07) is 7.41. The third-order valence-corrected chi connectivity index (χ3v) is 4.71. The molecule has 0 unspecified atom stereocenters. The van der Waals surface area contributed by atoms with E-state index in [0.717, 1.165) is 18.7 Å². The Hall–Kier alpha value is -2.23. The number of carbonyl (C=O) groups excluding carboxylic acids is 1. The monoisotopic (exact) mass is 378 g/mol. The second-order valence-electron chi connectivity index (χ2n) is 5.94. The molecule has 1 aliphatic heterocycles. The van der Waals surface area contributed by atoms with Crippen LogP contribution in [0.25, 0.3) is 0 Å². The number of rotatable bonds is 4. The molecular formula is C17H16Cl2N4O2. The van der Waals surface area contributed by atoms with Gasteiger partial charge in [-0.25, -0.2) is 0 Å². The third-order valence-electron chi connectivity index (χ3n) is 4.18. The minimum absolute atomic E-state index is 0.0118. The molecule has 1 aromatic carbocycles. The van der Waals surface area contributed by atoms with Crippen LogP contribution >= 0.6 is 23.2 Å². The number of hydrogen-bond acceptors (Lipinski definition) is 5. The van der Waals surface area contributed by atoms with Crippen LogP contribution in [-0.4, -0.2) is 30.2 Å². The van der Waals surface area contributed by atoms with Gasteiger partial charge in [0.15, 0.2) is 5.76 Å². The van der Waals surface area contributed by atoms with E-state index >= 15 is 0 Å². The molecule has 0 saturated carbocycles. The fourth-order valence-electron chi connectivity index (χ4n) is 2.95. The van der Waals surface area contributed by atoms with Crippen LogP contribution in [0.5, 0.6) is 0 Å². The van der Waals surface area contributed by atoms with E-state index in [2.05, 4.69) is 15.4 Å².